The lowest BCUT2D eigenvalue weighted by Gasteiger charge is -2.28. The molecule has 3 N–H and O–H groups in total. The molecule has 0 radical (unpaired) electrons. The Balaban J connectivity index is 2.10. The quantitative estimate of drug-likeness (QED) is 0.753. The van der Waals surface area contributed by atoms with Gasteiger partial charge in [0.25, 0.3) is 0 Å². The van der Waals surface area contributed by atoms with Gasteiger partial charge in [0, 0.05) is 32.4 Å². The number of carbonyl (C=O) groups excluding carboxylic acids is 2. The molecule has 4 amide bonds. The van der Waals surface area contributed by atoms with Crippen LogP contribution in [0, 0.1) is 11.7 Å². The smallest absolute Gasteiger partial charge is 0.321 e. The normalized spacial score (nSPS) is 15.3. The molecule has 1 aromatic carbocycles. The summed E-state index contributed by atoms with van der Waals surface area (Å²) < 4.78 is 14.1. The maximum atomic E-state index is 14.1. The number of rotatable bonds is 5. The van der Waals surface area contributed by atoms with Gasteiger partial charge in [0.15, 0.2) is 0 Å². The molecule has 0 aromatic heterocycles. The number of hydrogen-bond acceptors (Lipinski definition) is 3. The first-order valence-electron chi connectivity index (χ1n) is 7.89. The summed E-state index contributed by atoms with van der Waals surface area (Å²) in [6, 6.07) is 3.03. The number of carbonyl (C=O) groups is 3. The number of benzene rings is 1. The van der Waals surface area contributed by atoms with Crippen LogP contribution in [0.3, 0.4) is 0 Å². The topological polar surface area (TPSA) is 102 Å². The van der Waals surface area contributed by atoms with Crippen LogP contribution in [0.15, 0.2) is 18.2 Å². The molecule has 0 saturated carbocycles. The zero-order chi connectivity index (χ0) is 18.6. The van der Waals surface area contributed by atoms with Crippen LogP contribution in [0.1, 0.15) is 13.3 Å². The average Bonchev–Trinajstić information content (AvgIpc) is 2.57. The number of anilines is 2. The molecule has 1 saturated heterocycles. The Kier molecular flexibility index (Phi) is 5.79. The van der Waals surface area contributed by atoms with Gasteiger partial charge in [0.1, 0.15) is 5.82 Å². The van der Waals surface area contributed by atoms with Crippen LogP contribution in [-0.4, -0.2) is 54.7 Å². The molecular formula is C16H21FN4O4. The van der Waals surface area contributed by atoms with Crippen LogP contribution in [0.25, 0.3) is 0 Å². The molecule has 2 rings (SSSR count). The van der Waals surface area contributed by atoms with Crippen molar-refractivity contribution in [2.24, 2.45) is 5.92 Å². The molecule has 1 fully saturated rings. The number of carboxylic acid groups (broad SMARTS) is 1. The van der Waals surface area contributed by atoms with Crippen molar-refractivity contribution in [3.8, 4) is 0 Å². The number of nitrogens with zero attached hydrogens (tertiary/aromatic N) is 2. The van der Waals surface area contributed by atoms with Gasteiger partial charge in [-0.15, -0.1) is 0 Å². The van der Waals surface area contributed by atoms with E-state index in [-0.39, 0.29) is 18.3 Å². The summed E-state index contributed by atoms with van der Waals surface area (Å²) in [7, 11) is 1.47. The Labute approximate surface area is 144 Å². The molecule has 0 spiro atoms. The molecule has 0 bridgehead atoms. The molecule has 1 aliphatic rings. The second-order valence-electron chi connectivity index (χ2n) is 5.95. The number of aliphatic carboxylic acids is 1. The predicted octanol–water partition coefficient (Wildman–Crippen LogP) is 1.93. The summed E-state index contributed by atoms with van der Waals surface area (Å²) in [4.78, 5) is 37.4. The standard InChI is InChI=1S/C16H21FN4O4/c1-10(14(22)23)9-20(2)16(25)19-11-4-5-12(17)13(8-11)21-7-3-6-18-15(21)24/h4-5,8,10H,3,6-7,9H2,1-2H3,(H,18,24)(H,19,25)(H,22,23). The zero-order valence-electron chi connectivity index (χ0n) is 14.1. The summed E-state index contributed by atoms with van der Waals surface area (Å²) >= 11 is 0. The van der Waals surface area contributed by atoms with Gasteiger partial charge >= 0.3 is 18.0 Å². The highest BCUT2D eigenvalue weighted by molar-refractivity contribution is 5.95. The zero-order valence-corrected chi connectivity index (χ0v) is 14.1. The van der Waals surface area contributed by atoms with Gasteiger partial charge in [-0.3, -0.25) is 9.69 Å². The lowest BCUT2D eigenvalue weighted by molar-refractivity contribution is -0.141. The summed E-state index contributed by atoms with van der Waals surface area (Å²) in [5.41, 5.74) is 0.395. The number of urea groups is 2. The summed E-state index contributed by atoms with van der Waals surface area (Å²) in [6.07, 6.45) is 0.692. The van der Waals surface area contributed by atoms with Crippen LogP contribution in [0.5, 0.6) is 0 Å². The molecule has 136 valence electrons. The first-order chi connectivity index (χ1) is 11.8. The number of halogens is 1. The van der Waals surface area contributed by atoms with Crippen molar-refractivity contribution in [1.82, 2.24) is 10.2 Å². The van der Waals surface area contributed by atoms with Crippen LogP contribution in [0.4, 0.5) is 25.4 Å². The van der Waals surface area contributed by atoms with Crippen LogP contribution >= 0.6 is 0 Å². The van der Waals surface area contributed by atoms with Crippen molar-refractivity contribution in [3.63, 3.8) is 0 Å². The molecule has 9 heteroatoms. The fraction of sp³-hybridized carbons (Fsp3) is 0.438. The van der Waals surface area contributed by atoms with Crippen molar-refractivity contribution < 1.29 is 23.9 Å². The third-order valence-electron chi connectivity index (χ3n) is 3.88. The van der Waals surface area contributed by atoms with Crippen molar-refractivity contribution >= 4 is 29.4 Å². The second kappa shape index (κ2) is 7.82. The van der Waals surface area contributed by atoms with Crippen LogP contribution in [-0.2, 0) is 4.79 Å². The van der Waals surface area contributed by atoms with Crippen LogP contribution < -0.4 is 15.5 Å². The molecule has 1 aromatic rings. The maximum Gasteiger partial charge on any atom is 0.321 e. The van der Waals surface area contributed by atoms with Gasteiger partial charge in [-0.05, 0) is 24.6 Å². The van der Waals surface area contributed by atoms with Gasteiger partial charge < -0.3 is 20.6 Å². The molecule has 0 aliphatic carbocycles. The van der Waals surface area contributed by atoms with Gasteiger partial charge in [-0.25, -0.2) is 14.0 Å². The number of nitrogens with one attached hydrogen (secondary N) is 2. The lowest BCUT2D eigenvalue weighted by Crippen LogP contribution is -2.46. The van der Waals surface area contributed by atoms with E-state index >= 15 is 0 Å². The highest BCUT2D eigenvalue weighted by Gasteiger charge is 2.23. The molecular weight excluding hydrogens is 331 g/mol. The maximum absolute atomic E-state index is 14.1. The van der Waals surface area contributed by atoms with E-state index in [2.05, 4.69) is 10.6 Å². The van der Waals surface area contributed by atoms with Gasteiger partial charge in [0.2, 0.25) is 0 Å². The molecule has 1 unspecified atom stereocenters. The van der Waals surface area contributed by atoms with Crippen LogP contribution in [0.2, 0.25) is 0 Å². The Morgan fingerprint density at radius 2 is 2.20 bits per heavy atom. The highest BCUT2D eigenvalue weighted by Crippen LogP contribution is 2.25. The molecule has 1 atom stereocenters. The Morgan fingerprint density at radius 3 is 2.84 bits per heavy atom. The minimum atomic E-state index is -1.00. The largest absolute Gasteiger partial charge is 0.481 e. The molecule has 1 aliphatic heterocycles. The minimum absolute atomic E-state index is 0.0315. The average molecular weight is 352 g/mol. The second-order valence-corrected chi connectivity index (χ2v) is 5.95. The number of hydrogen-bond donors (Lipinski definition) is 3. The van der Waals surface area contributed by atoms with E-state index in [1.165, 1.54) is 42.0 Å². The molecule has 8 nitrogen and oxygen atoms in total. The summed E-state index contributed by atoms with van der Waals surface area (Å²) in [6.45, 7) is 2.46. The van der Waals surface area contributed by atoms with E-state index in [0.717, 1.165) is 0 Å². The van der Waals surface area contributed by atoms with E-state index in [0.29, 0.717) is 25.2 Å². The van der Waals surface area contributed by atoms with E-state index in [1.54, 1.807) is 0 Å². The first-order valence-corrected chi connectivity index (χ1v) is 7.89. The lowest BCUT2D eigenvalue weighted by atomic mass is 10.2. The van der Waals surface area contributed by atoms with Gasteiger partial charge in [-0.1, -0.05) is 6.92 Å². The predicted molar refractivity (Wildman–Crippen MR) is 90.2 cm³/mol. The molecule has 25 heavy (non-hydrogen) atoms. The van der Waals surface area contributed by atoms with E-state index < -0.39 is 23.7 Å². The van der Waals surface area contributed by atoms with E-state index in [4.69, 9.17) is 5.11 Å². The highest BCUT2D eigenvalue weighted by atomic mass is 19.1. The Hall–Kier alpha value is -2.84. The summed E-state index contributed by atoms with van der Waals surface area (Å²) in [5.74, 6) is -2.28. The number of amides is 4. The van der Waals surface area contributed by atoms with E-state index in [9.17, 15) is 18.8 Å². The van der Waals surface area contributed by atoms with Crippen molar-refractivity contribution in [2.75, 3.05) is 36.9 Å². The van der Waals surface area contributed by atoms with E-state index in [1.807, 2.05) is 0 Å². The fourth-order valence-electron chi connectivity index (χ4n) is 2.45. The monoisotopic (exact) mass is 352 g/mol. The Morgan fingerprint density at radius 1 is 1.48 bits per heavy atom. The summed E-state index contributed by atoms with van der Waals surface area (Å²) in [5, 5.41) is 14.1. The Bertz CT molecular complexity index is 682. The third-order valence-corrected chi connectivity index (χ3v) is 3.88. The fourth-order valence-corrected chi connectivity index (χ4v) is 2.45. The van der Waals surface area contributed by atoms with Crippen molar-refractivity contribution in [2.45, 2.75) is 13.3 Å². The number of carboxylic acids is 1. The van der Waals surface area contributed by atoms with Gasteiger partial charge in [-0.2, -0.15) is 0 Å². The van der Waals surface area contributed by atoms with Crippen molar-refractivity contribution in [1.29, 1.82) is 0 Å². The van der Waals surface area contributed by atoms with Gasteiger partial charge in [0.05, 0.1) is 11.6 Å². The third kappa shape index (κ3) is 4.59. The first kappa shape index (κ1) is 18.5. The minimum Gasteiger partial charge on any atom is -0.481 e. The SMILES string of the molecule is CC(CN(C)C(=O)Nc1ccc(F)c(N2CCCNC2=O)c1)C(=O)O. The molecule has 1 heterocycles. The van der Waals surface area contributed by atoms with Crippen molar-refractivity contribution in [3.05, 3.63) is 24.0 Å².